The number of aromatic amines is 1. The van der Waals surface area contributed by atoms with Gasteiger partial charge in [-0.25, -0.2) is 0 Å². The number of nitrogens with one attached hydrogen (secondary N) is 1. The van der Waals surface area contributed by atoms with Crippen molar-refractivity contribution >= 4 is 10.8 Å². The Morgan fingerprint density at radius 2 is 1.68 bits per heavy atom. The molecule has 1 aromatic carbocycles. The minimum Gasteiger partial charge on any atom is -0.328 e. The van der Waals surface area contributed by atoms with E-state index in [2.05, 4.69) is 4.98 Å². The van der Waals surface area contributed by atoms with Crippen molar-refractivity contribution in [1.29, 1.82) is 0 Å². The maximum Gasteiger partial charge on any atom is 0.416 e. The first-order valence-corrected chi connectivity index (χ1v) is 5.84. The molecule has 1 N–H and O–H groups in total. The number of fused-ring (bicyclic) bond motifs is 1. The van der Waals surface area contributed by atoms with Crippen LogP contribution in [-0.4, -0.2) is 4.98 Å². The molecule has 0 spiro atoms. The van der Waals surface area contributed by atoms with E-state index in [-0.39, 0.29) is 10.8 Å². The second-order valence-electron chi connectivity index (χ2n) is 5.54. The van der Waals surface area contributed by atoms with Crippen LogP contribution in [0.15, 0.2) is 29.2 Å². The third-order valence-electron chi connectivity index (χ3n) is 3.04. The summed E-state index contributed by atoms with van der Waals surface area (Å²) in [6, 6.07) is 3.29. The molecule has 0 saturated heterocycles. The molecule has 0 aliphatic rings. The SMILES string of the molecule is CC(C)(C)c1c[nH]c(=O)c2cc(C(F)(F)F)ccc12. The fraction of sp³-hybridized carbons (Fsp3) is 0.357. The van der Waals surface area contributed by atoms with Crippen LogP contribution in [0.3, 0.4) is 0 Å². The van der Waals surface area contributed by atoms with Crippen LogP contribution in [0.4, 0.5) is 13.2 Å². The molecule has 2 nitrogen and oxygen atoms in total. The van der Waals surface area contributed by atoms with E-state index in [4.69, 9.17) is 0 Å². The lowest BCUT2D eigenvalue weighted by molar-refractivity contribution is -0.137. The van der Waals surface area contributed by atoms with Crippen molar-refractivity contribution in [2.24, 2.45) is 0 Å². The number of hydrogen-bond acceptors (Lipinski definition) is 1. The molecule has 0 saturated carbocycles. The van der Waals surface area contributed by atoms with E-state index in [0.29, 0.717) is 5.39 Å². The second kappa shape index (κ2) is 4.11. The number of H-pyrrole nitrogens is 1. The van der Waals surface area contributed by atoms with Crippen molar-refractivity contribution < 1.29 is 13.2 Å². The Morgan fingerprint density at radius 3 is 2.21 bits per heavy atom. The lowest BCUT2D eigenvalue weighted by atomic mass is 9.85. The largest absolute Gasteiger partial charge is 0.416 e. The van der Waals surface area contributed by atoms with Crippen LogP contribution in [0.5, 0.6) is 0 Å². The van der Waals surface area contributed by atoms with Crippen molar-refractivity contribution in [3.63, 3.8) is 0 Å². The zero-order chi connectivity index (χ0) is 14.4. The summed E-state index contributed by atoms with van der Waals surface area (Å²) in [7, 11) is 0. The van der Waals surface area contributed by atoms with Gasteiger partial charge in [-0.05, 0) is 28.5 Å². The lowest BCUT2D eigenvalue weighted by Crippen LogP contribution is -2.17. The molecule has 0 fully saturated rings. The topological polar surface area (TPSA) is 32.9 Å². The summed E-state index contributed by atoms with van der Waals surface area (Å²) < 4.78 is 38.0. The Balaban J connectivity index is 2.82. The molecule has 0 aliphatic carbocycles. The Kier molecular flexibility index (Phi) is 2.96. The highest BCUT2D eigenvalue weighted by atomic mass is 19.4. The van der Waals surface area contributed by atoms with Gasteiger partial charge in [0.2, 0.25) is 0 Å². The fourth-order valence-corrected chi connectivity index (χ4v) is 2.06. The van der Waals surface area contributed by atoms with Crippen molar-refractivity contribution in [2.75, 3.05) is 0 Å². The van der Waals surface area contributed by atoms with Gasteiger partial charge in [-0.15, -0.1) is 0 Å². The van der Waals surface area contributed by atoms with Crippen LogP contribution in [0, 0.1) is 0 Å². The quantitative estimate of drug-likeness (QED) is 0.774. The van der Waals surface area contributed by atoms with Crippen LogP contribution >= 0.6 is 0 Å². The third-order valence-corrected chi connectivity index (χ3v) is 3.04. The van der Waals surface area contributed by atoms with Gasteiger partial charge in [0.05, 0.1) is 5.56 Å². The number of alkyl halides is 3. The van der Waals surface area contributed by atoms with Crippen molar-refractivity contribution in [1.82, 2.24) is 4.98 Å². The average molecular weight is 269 g/mol. The summed E-state index contributed by atoms with van der Waals surface area (Å²) in [6.07, 6.45) is -2.88. The Hall–Kier alpha value is -1.78. The molecule has 0 aliphatic heterocycles. The molecular formula is C14H14F3NO. The summed E-state index contributed by atoms with van der Waals surface area (Å²) in [5.41, 5.74) is -0.760. The van der Waals surface area contributed by atoms with Gasteiger partial charge in [0.25, 0.3) is 5.56 Å². The number of hydrogen-bond donors (Lipinski definition) is 1. The van der Waals surface area contributed by atoms with Crippen LogP contribution in [-0.2, 0) is 11.6 Å². The molecule has 19 heavy (non-hydrogen) atoms. The molecular weight excluding hydrogens is 255 g/mol. The molecule has 5 heteroatoms. The molecule has 0 radical (unpaired) electrons. The van der Waals surface area contributed by atoms with E-state index < -0.39 is 17.3 Å². The van der Waals surface area contributed by atoms with E-state index in [0.717, 1.165) is 17.7 Å². The monoisotopic (exact) mass is 269 g/mol. The Morgan fingerprint density at radius 1 is 1.05 bits per heavy atom. The second-order valence-corrected chi connectivity index (χ2v) is 5.54. The number of halogens is 3. The number of rotatable bonds is 0. The molecule has 0 amide bonds. The summed E-state index contributed by atoms with van der Waals surface area (Å²) >= 11 is 0. The average Bonchev–Trinajstić information content (AvgIpc) is 2.26. The van der Waals surface area contributed by atoms with E-state index >= 15 is 0 Å². The van der Waals surface area contributed by atoms with Crippen LogP contribution < -0.4 is 5.56 Å². The predicted octanol–water partition coefficient (Wildman–Crippen LogP) is 3.84. The number of aromatic nitrogens is 1. The van der Waals surface area contributed by atoms with E-state index in [1.54, 1.807) is 6.20 Å². The van der Waals surface area contributed by atoms with Gasteiger partial charge in [0.15, 0.2) is 0 Å². The van der Waals surface area contributed by atoms with Gasteiger partial charge in [-0.1, -0.05) is 26.8 Å². The smallest absolute Gasteiger partial charge is 0.328 e. The molecule has 1 aromatic heterocycles. The normalized spacial score (nSPS) is 12.9. The zero-order valence-electron chi connectivity index (χ0n) is 10.9. The van der Waals surface area contributed by atoms with Crippen molar-refractivity contribution in [2.45, 2.75) is 32.4 Å². The van der Waals surface area contributed by atoms with Crippen LogP contribution in [0.2, 0.25) is 0 Å². The van der Waals surface area contributed by atoms with Gasteiger partial charge in [-0.2, -0.15) is 13.2 Å². The Bertz CT molecular complexity index is 678. The molecule has 102 valence electrons. The summed E-state index contributed by atoms with van der Waals surface area (Å²) in [5, 5.41) is 0.631. The first-order chi connectivity index (χ1) is 8.60. The summed E-state index contributed by atoms with van der Waals surface area (Å²) in [6.45, 7) is 5.83. The van der Waals surface area contributed by atoms with Gasteiger partial charge in [-0.3, -0.25) is 4.79 Å². The highest BCUT2D eigenvalue weighted by molar-refractivity contribution is 5.86. The molecule has 2 aromatic rings. The first-order valence-electron chi connectivity index (χ1n) is 5.84. The number of benzene rings is 1. The minimum atomic E-state index is -4.45. The van der Waals surface area contributed by atoms with E-state index in [1.165, 1.54) is 6.07 Å². The van der Waals surface area contributed by atoms with E-state index in [1.807, 2.05) is 20.8 Å². The van der Waals surface area contributed by atoms with Gasteiger partial charge in [0, 0.05) is 11.6 Å². The molecule has 0 unspecified atom stereocenters. The first kappa shape index (κ1) is 13.6. The van der Waals surface area contributed by atoms with Gasteiger partial charge < -0.3 is 4.98 Å². The lowest BCUT2D eigenvalue weighted by Gasteiger charge is -2.21. The zero-order valence-corrected chi connectivity index (χ0v) is 10.9. The van der Waals surface area contributed by atoms with Gasteiger partial charge >= 0.3 is 6.18 Å². The van der Waals surface area contributed by atoms with Gasteiger partial charge in [0.1, 0.15) is 0 Å². The maximum atomic E-state index is 12.7. The molecule has 0 bridgehead atoms. The van der Waals surface area contributed by atoms with Crippen molar-refractivity contribution in [3.05, 3.63) is 45.9 Å². The van der Waals surface area contributed by atoms with E-state index in [9.17, 15) is 18.0 Å². The predicted molar refractivity (Wildman–Crippen MR) is 68.3 cm³/mol. The highest BCUT2D eigenvalue weighted by Crippen LogP contribution is 2.33. The molecule has 1 heterocycles. The third kappa shape index (κ3) is 2.50. The van der Waals surface area contributed by atoms with Crippen LogP contribution in [0.1, 0.15) is 31.9 Å². The maximum absolute atomic E-state index is 12.7. The summed E-state index contributed by atoms with van der Waals surface area (Å²) in [4.78, 5) is 14.2. The molecule has 2 rings (SSSR count). The minimum absolute atomic E-state index is 0.0715. The summed E-state index contributed by atoms with van der Waals surface area (Å²) in [5.74, 6) is 0. The molecule has 0 atom stereocenters. The van der Waals surface area contributed by atoms with Crippen LogP contribution in [0.25, 0.3) is 10.8 Å². The Labute approximate surface area is 108 Å². The van der Waals surface area contributed by atoms with Crippen molar-refractivity contribution in [3.8, 4) is 0 Å². The highest BCUT2D eigenvalue weighted by Gasteiger charge is 2.31. The number of pyridine rings is 1. The fourth-order valence-electron chi connectivity index (χ4n) is 2.06. The standard InChI is InChI=1S/C14H14F3NO/c1-13(2,3)11-7-18-12(19)10-6-8(14(15,16)17)4-5-9(10)11/h4-7H,1-3H3,(H,18,19).